The molecule has 0 spiro atoms. The molecule has 15 heavy (non-hydrogen) atoms. The normalized spacial score (nSPS) is 14.0. The molecule has 4 nitrogen and oxygen atoms in total. The Morgan fingerprint density at radius 2 is 1.87 bits per heavy atom. The minimum absolute atomic E-state index is 0.152. The molecule has 0 saturated carbocycles. The zero-order valence-corrected chi connectivity index (χ0v) is 10.3. The van der Waals surface area contributed by atoms with Crippen molar-refractivity contribution in [3.8, 4) is 0 Å². The first kappa shape index (κ1) is 12.5. The molecule has 0 radical (unpaired) electrons. The molecule has 0 N–H and O–H groups in total. The summed E-state index contributed by atoms with van der Waals surface area (Å²) in [4.78, 5) is 0.152. The summed E-state index contributed by atoms with van der Waals surface area (Å²) in [5, 5.41) is 0. The SMILES string of the molecule is Cc1ccc(S(=O)(=O)CN=[S-](=O)Cl)cc1. The summed E-state index contributed by atoms with van der Waals surface area (Å²) < 4.78 is 36.8. The van der Waals surface area contributed by atoms with Crippen molar-refractivity contribution in [1.82, 2.24) is 0 Å². The van der Waals surface area contributed by atoms with E-state index in [0.717, 1.165) is 5.56 Å². The molecule has 84 valence electrons. The third kappa shape index (κ3) is 3.81. The standard InChI is InChI=1S/C8H9ClNO3S2/c1-7-2-4-8(5-3-7)15(12,13)6-10-14(9)11/h2-5H,6H2,1H3/q-1. The van der Waals surface area contributed by atoms with Crippen LogP contribution < -0.4 is 0 Å². The van der Waals surface area contributed by atoms with E-state index in [1.54, 1.807) is 12.1 Å². The quantitative estimate of drug-likeness (QED) is 0.621. The topological polar surface area (TPSA) is 63.6 Å². The van der Waals surface area contributed by atoms with E-state index >= 15 is 0 Å². The zero-order valence-electron chi connectivity index (χ0n) is 7.88. The van der Waals surface area contributed by atoms with Gasteiger partial charge in [-0.1, -0.05) is 17.7 Å². The van der Waals surface area contributed by atoms with Crippen molar-refractivity contribution < 1.29 is 12.6 Å². The number of hydrogen-bond acceptors (Lipinski definition) is 5. The van der Waals surface area contributed by atoms with Gasteiger partial charge >= 0.3 is 0 Å². The molecule has 0 aliphatic rings. The fourth-order valence-corrected chi connectivity index (χ4v) is 2.88. The maximum Gasteiger partial charge on any atom is 0.196 e. The number of aryl methyl sites for hydroxylation is 1. The lowest BCUT2D eigenvalue weighted by molar-refractivity contribution is 0.594. The Bertz CT molecular complexity index is 515. The molecule has 0 saturated heterocycles. The predicted molar refractivity (Wildman–Crippen MR) is 59.6 cm³/mol. The summed E-state index contributed by atoms with van der Waals surface area (Å²) >= 11 is 0. The third-order valence-corrected chi connectivity index (χ3v) is 3.95. The summed E-state index contributed by atoms with van der Waals surface area (Å²) in [5.41, 5.74) is 0.965. The molecule has 1 rings (SSSR count). The van der Waals surface area contributed by atoms with Crippen molar-refractivity contribution in [1.29, 1.82) is 0 Å². The number of benzene rings is 1. The van der Waals surface area contributed by atoms with Gasteiger partial charge in [0.05, 0.1) is 4.90 Å². The van der Waals surface area contributed by atoms with E-state index in [1.807, 2.05) is 6.92 Å². The van der Waals surface area contributed by atoms with Gasteiger partial charge in [0.15, 0.2) is 9.84 Å². The summed E-state index contributed by atoms with van der Waals surface area (Å²) in [6.45, 7) is 1.86. The van der Waals surface area contributed by atoms with Gasteiger partial charge in [-0.2, -0.15) is 0 Å². The minimum atomic E-state index is -3.52. The van der Waals surface area contributed by atoms with Crippen molar-refractivity contribution in [3.05, 3.63) is 29.8 Å². The molecule has 0 aliphatic carbocycles. The predicted octanol–water partition coefficient (Wildman–Crippen LogP) is 2.03. The molecule has 0 heterocycles. The van der Waals surface area contributed by atoms with Gasteiger partial charge in [-0.05, 0) is 19.1 Å². The maximum absolute atomic E-state index is 11.6. The van der Waals surface area contributed by atoms with E-state index in [9.17, 15) is 12.6 Å². The van der Waals surface area contributed by atoms with Gasteiger partial charge in [0.25, 0.3) is 0 Å². The smallest absolute Gasteiger partial charge is 0.196 e. The highest BCUT2D eigenvalue weighted by atomic mass is 35.7. The van der Waals surface area contributed by atoms with Crippen molar-refractivity contribution in [3.63, 3.8) is 0 Å². The summed E-state index contributed by atoms with van der Waals surface area (Å²) in [6, 6.07) is 6.34. The van der Waals surface area contributed by atoms with E-state index in [0.29, 0.717) is 0 Å². The first-order valence-corrected chi connectivity index (χ1v) is 7.55. The first-order chi connectivity index (χ1) is 6.92. The second-order valence-corrected chi connectivity index (χ2v) is 6.31. The van der Waals surface area contributed by atoms with Crippen LogP contribution in [0.3, 0.4) is 0 Å². The Balaban J connectivity index is 3.02. The molecule has 7 heteroatoms. The molecule has 0 amide bonds. The molecule has 0 aliphatic heterocycles. The molecule has 0 atom stereocenters. The van der Waals surface area contributed by atoms with Gasteiger partial charge in [0, 0.05) is 0 Å². The van der Waals surface area contributed by atoms with Gasteiger partial charge < -0.3 is 8.57 Å². The molecule has 0 bridgehead atoms. The van der Waals surface area contributed by atoms with Crippen LogP contribution in [-0.2, 0) is 23.9 Å². The minimum Gasteiger partial charge on any atom is -0.430 e. The maximum atomic E-state index is 11.6. The molecule has 0 unspecified atom stereocenters. The average molecular weight is 267 g/mol. The Labute approximate surface area is 94.9 Å². The molecule has 0 aromatic heterocycles. The van der Waals surface area contributed by atoms with Crippen molar-refractivity contribution >= 4 is 30.3 Å². The Hall–Kier alpha value is -0.590. The van der Waals surface area contributed by atoms with Crippen LogP contribution in [-0.4, -0.2) is 14.3 Å². The van der Waals surface area contributed by atoms with Crippen LogP contribution in [0.25, 0.3) is 0 Å². The van der Waals surface area contributed by atoms with E-state index in [1.165, 1.54) is 12.1 Å². The van der Waals surface area contributed by atoms with Gasteiger partial charge in [0.2, 0.25) is 0 Å². The second-order valence-electron chi connectivity index (χ2n) is 2.89. The summed E-state index contributed by atoms with van der Waals surface area (Å²) in [6.07, 6.45) is 0. The van der Waals surface area contributed by atoms with E-state index < -0.39 is 25.5 Å². The number of rotatable bonds is 3. The van der Waals surface area contributed by atoms with Gasteiger partial charge in [-0.3, -0.25) is 0 Å². The highest BCUT2D eigenvalue weighted by Crippen LogP contribution is 2.12. The fraction of sp³-hybridized carbons (Fsp3) is 0.250. The van der Waals surface area contributed by atoms with Crippen LogP contribution in [0, 0.1) is 6.92 Å². The highest BCUT2D eigenvalue weighted by molar-refractivity contribution is 8.00. The summed E-state index contributed by atoms with van der Waals surface area (Å²) in [5.74, 6) is -0.563. The van der Waals surface area contributed by atoms with Crippen LogP contribution in [0.4, 0.5) is 0 Å². The van der Waals surface area contributed by atoms with Crippen molar-refractivity contribution in [2.24, 2.45) is 4.36 Å². The molecule has 1 aromatic rings. The van der Waals surface area contributed by atoms with Crippen LogP contribution in [0.5, 0.6) is 0 Å². The van der Waals surface area contributed by atoms with Gasteiger partial charge in [-0.25, -0.2) is 19.1 Å². The largest absolute Gasteiger partial charge is 0.430 e. The Kier molecular flexibility index (Phi) is 4.12. The Morgan fingerprint density at radius 3 is 2.33 bits per heavy atom. The monoisotopic (exact) mass is 266 g/mol. The van der Waals surface area contributed by atoms with Gasteiger partial charge in [0.1, 0.15) is 5.88 Å². The lowest BCUT2D eigenvalue weighted by Gasteiger charge is -2.03. The average Bonchev–Trinajstić information content (AvgIpc) is 2.16. The van der Waals surface area contributed by atoms with Crippen LogP contribution >= 0.6 is 10.7 Å². The molecule has 0 fully saturated rings. The lowest BCUT2D eigenvalue weighted by Crippen LogP contribution is -2.04. The number of hydrogen-bond donors (Lipinski definition) is 0. The van der Waals surface area contributed by atoms with E-state index in [-0.39, 0.29) is 4.90 Å². The lowest BCUT2D eigenvalue weighted by atomic mass is 10.2. The number of nitrogens with zero attached hydrogens (tertiary/aromatic N) is 1. The van der Waals surface area contributed by atoms with Crippen molar-refractivity contribution in [2.45, 2.75) is 11.8 Å². The molecular formula is C8H9ClNO3S2-. The molecule has 1 aromatic carbocycles. The fourth-order valence-electron chi connectivity index (χ4n) is 0.931. The highest BCUT2D eigenvalue weighted by Gasteiger charge is 2.11. The van der Waals surface area contributed by atoms with Crippen LogP contribution in [0.2, 0.25) is 0 Å². The van der Waals surface area contributed by atoms with Crippen molar-refractivity contribution in [2.75, 3.05) is 5.88 Å². The first-order valence-electron chi connectivity index (χ1n) is 3.97. The van der Waals surface area contributed by atoms with Crippen LogP contribution in [0.15, 0.2) is 33.5 Å². The number of sulfone groups is 1. The summed E-state index contributed by atoms with van der Waals surface area (Å²) in [7, 11) is -0.451. The Morgan fingerprint density at radius 1 is 1.33 bits per heavy atom. The second kappa shape index (κ2) is 4.96. The van der Waals surface area contributed by atoms with E-state index in [2.05, 4.69) is 4.36 Å². The molecular weight excluding hydrogens is 258 g/mol. The van der Waals surface area contributed by atoms with Gasteiger partial charge in [-0.15, -0.1) is 9.81 Å². The third-order valence-electron chi connectivity index (χ3n) is 1.70. The zero-order chi connectivity index (χ0) is 11.5. The van der Waals surface area contributed by atoms with Crippen LogP contribution in [0.1, 0.15) is 5.56 Å². The number of halogens is 1. The van der Waals surface area contributed by atoms with E-state index in [4.69, 9.17) is 10.7 Å².